The maximum atomic E-state index is 13.7. The van der Waals surface area contributed by atoms with Crippen LogP contribution in [0.2, 0.25) is 0 Å². The minimum Gasteiger partial charge on any atom is -0.492 e. The molecular weight excluding hydrogens is 642 g/mol. The van der Waals surface area contributed by atoms with Gasteiger partial charge < -0.3 is 41.1 Å². The van der Waals surface area contributed by atoms with E-state index in [0.29, 0.717) is 44.5 Å². The number of ether oxygens (including phenoxy) is 1. The Bertz CT molecular complexity index is 1550. The number of hydrogen-bond acceptors (Lipinski definition) is 7. The van der Waals surface area contributed by atoms with Crippen molar-refractivity contribution in [3.8, 4) is 5.75 Å². The van der Waals surface area contributed by atoms with Crippen molar-refractivity contribution in [2.75, 3.05) is 40.3 Å². The molecular formula is C36H47N7O7. The molecule has 2 aromatic carbocycles. The average molecular weight is 690 g/mol. The molecule has 1 aliphatic carbocycles. The second kappa shape index (κ2) is 16.0. The van der Waals surface area contributed by atoms with Crippen LogP contribution in [0.4, 0.5) is 4.79 Å². The predicted octanol–water partition coefficient (Wildman–Crippen LogP) is 0.497. The molecule has 0 radical (unpaired) electrons. The molecule has 14 nitrogen and oxygen atoms in total. The molecule has 0 aromatic heterocycles. The van der Waals surface area contributed by atoms with Gasteiger partial charge in [-0.3, -0.25) is 24.0 Å². The van der Waals surface area contributed by atoms with Gasteiger partial charge in [-0.05, 0) is 55.9 Å². The van der Waals surface area contributed by atoms with Gasteiger partial charge in [0, 0.05) is 45.9 Å². The number of piperidine rings is 1. The number of fused-ring (bicyclic) bond motifs is 15. The molecule has 2 fully saturated rings. The van der Waals surface area contributed by atoms with E-state index in [1.807, 2.05) is 30.3 Å². The molecule has 4 aliphatic rings. The molecule has 14 heteroatoms. The van der Waals surface area contributed by atoms with Crippen molar-refractivity contribution < 1.29 is 33.5 Å². The molecule has 50 heavy (non-hydrogen) atoms. The first kappa shape index (κ1) is 36.1. The summed E-state index contributed by atoms with van der Waals surface area (Å²) in [5, 5.41) is 14.1. The van der Waals surface area contributed by atoms with Gasteiger partial charge in [-0.25, -0.2) is 4.79 Å². The van der Waals surface area contributed by atoms with Crippen molar-refractivity contribution in [3.05, 3.63) is 65.7 Å². The van der Waals surface area contributed by atoms with Gasteiger partial charge in [-0.2, -0.15) is 0 Å². The number of nitrogens with zero attached hydrogens (tertiary/aromatic N) is 2. The molecule has 1 saturated heterocycles. The van der Waals surface area contributed by atoms with Crippen LogP contribution in [0.25, 0.3) is 0 Å². The fraction of sp³-hybridized carbons (Fsp3) is 0.500. The van der Waals surface area contributed by atoms with Crippen LogP contribution >= 0.6 is 0 Å². The van der Waals surface area contributed by atoms with E-state index in [0.717, 1.165) is 11.1 Å². The fourth-order valence-corrected chi connectivity index (χ4v) is 6.17. The normalized spacial score (nSPS) is 23.4. The standard InChI is InChI=1S/C36H47N7O7/c1-23-30(44)39-29(21-24-7-5-4-6-8-24)33(47)41-36(15-16-36)34(48)37-17-20-50-27-11-9-25(10-12-27)22-28(32(46)38-23)40-31(45)26-13-18-43(19-14-26)35(49)42(2)3/h4-12,23,26,28-29H,13-22H2,1-3H3,(H,37,48)(H,38,46)(H,39,44)(H,40,45)(H,41,47)/t23-,28-,29+/m0/s1. The molecule has 268 valence electrons. The SMILES string of the molecule is C[C@@H]1NC(=O)[C@@H](NC(=O)C2CCN(C(=O)N(C)C)CC2)Cc2ccc(cc2)OCCNC(=O)C2(CC2)NC(=O)[C@@H](Cc2ccccc2)NC1=O. The molecule has 7 amide bonds. The Labute approximate surface area is 292 Å². The average Bonchev–Trinajstić information content (AvgIpc) is 3.90. The Hall–Kier alpha value is -5.14. The quantitative estimate of drug-likeness (QED) is 0.290. The number of nitrogens with one attached hydrogen (secondary N) is 5. The zero-order chi connectivity index (χ0) is 35.8. The van der Waals surface area contributed by atoms with Crippen molar-refractivity contribution >= 4 is 35.6 Å². The Morgan fingerprint density at radius 1 is 0.920 bits per heavy atom. The van der Waals surface area contributed by atoms with E-state index in [1.165, 1.54) is 11.8 Å². The number of urea groups is 1. The largest absolute Gasteiger partial charge is 0.492 e. The third-order valence-electron chi connectivity index (χ3n) is 9.39. The molecule has 2 aromatic rings. The smallest absolute Gasteiger partial charge is 0.319 e. The van der Waals surface area contributed by atoms with Crippen LogP contribution in [0.15, 0.2) is 54.6 Å². The third-order valence-corrected chi connectivity index (χ3v) is 9.39. The summed E-state index contributed by atoms with van der Waals surface area (Å²) in [6.07, 6.45) is 2.14. The van der Waals surface area contributed by atoms with Gasteiger partial charge >= 0.3 is 6.03 Å². The van der Waals surface area contributed by atoms with E-state index in [1.54, 1.807) is 43.3 Å². The van der Waals surface area contributed by atoms with E-state index in [2.05, 4.69) is 26.6 Å². The number of carbonyl (C=O) groups excluding carboxylic acids is 6. The summed E-state index contributed by atoms with van der Waals surface area (Å²) in [5.74, 6) is -2.11. The molecule has 6 rings (SSSR count). The van der Waals surface area contributed by atoms with Crippen LogP contribution in [0.1, 0.15) is 43.7 Å². The van der Waals surface area contributed by atoms with E-state index >= 15 is 0 Å². The lowest BCUT2D eigenvalue weighted by atomic mass is 9.95. The first-order chi connectivity index (χ1) is 23.9. The van der Waals surface area contributed by atoms with Crippen LogP contribution in [0.5, 0.6) is 5.75 Å². The summed E-state index contributed by atoms with van der Waals surface area (Å²) < 4.78 is 5.81. The van der Waals surface area contributed by atoms with Crippen molar-refractivity contribution in [2.24, 2.45) is 5.92 Å². The number of rotatable bonds is 4. The lowest BCUT2D eigenvalue weighted by Gasteiger charge is -2.33. The highest BCUT2D eigenvalue weighted by Crippen LogP contribution is 2.35. The second-order valence-electron chi connectivity index (χ2n) is 13.5. The summed E-state index contributed by atoms with van der Waals surface area (Å²) in [5.41, 5.74) is 0.485. The van der Waals surface area contributed by atoms with E-state index in [9.17, 15) is 28.8 Å². The van der Waals surface area contributed by atoms with Crippen molar-refractivity contribution in [3.63, 3.8) is 0 Å². The molecule has 3 aliphatic heterocycles. The highest BCUT2D eigenvalue weighted by molar-refractivity contribution is 5.98. The maximum absolute atomic E-state index is 13.7. The minimum atomic E-state index is -1.07. The summed E-state index contributed by atoms with van der Waals surface area (Å²) in [7, 11) is 3.37. The van der Waals surface area contributed by atoms with E-state index in [-0.39, 0.29) is 49.8 Å². The summed E-state index contributed by atoms with van der Waals surface area (Å²) in [6, 6.07) is 13.1. The Morgan fingerprint density at radius 2 is 1.60 bits per heavy atom. The highest BCUT2D eigenvalue weighted by atomic mass is 16.5. The molecule has 3 heterocycles. The number of benzene rings is 2. The molecule has 1 spiro atoms. The van der Waals surface area contributed by atoms with Gasteiger partial charge in [0.05, 0.1) is 6.54 Å². The van der Waals surface area contributed by atoms with Crippen molar-refractivity contribution in [1.82, 2.24) is 36.4 Å². The van der Waals surface area contributed by atoms with E-state index < -0.39 is 41.4 Å². The monoisotopic (exact) mass is 689 g/mol. The zero-order valence-corrected chi connectivity index (χ0v) is 28.8. The van der Waals surface area contributed by atoms with Crippen LogP contribution in [-0.2, 0) is 36.8 Å². The summed E-state index contributed by atoms with van der Waals surface area (Å²) in [6.45, 7) is 2.77. The van der Waals surface area contributed by atoms with Gasteiger partial charge in [0.1, 0.15) is 36.0 Å². The van der Waals surface area contributed by atoms with Gasteiger partial charge in [-0.1, -0.05) is 42.5 Å². The van der Waals surface area contributed by atoms with Gasteiger partial charge in [0.15, 0.2) is 0 Å². The van der Waals surface area contributed by atoms with Crippen LogP contribution < -0.4 is 31.3 Å². The lowest BCUT2D eigenvalue weighted by Crippen LogP contribution is -2.59. The maximum Gasteiger partial charge on any atom is 0.319 e. The topological polar surface area (TPSA) is 178 Å². The van der Waals surface area contributed by atoms with Crippen LogP contribution in [-0.4, -0.2) is 109 Å². The molecule has 0 unspecified atom stereocenters. The Balaban J connectivity index is 1.33. The summed E-state index contributed by atoms with van der Waals surface area (Å²) in [4.78, 5) is 83.0. The molecule has 2 bridgehead atoms. The highest BCUT2D eigenvalue weighted by Gasteiger charge is 2.51. The molecule has 3 atom stereocenters. The minimum absolute atomic E-state index is 0.113. The number of hydrogen-bond donors (Lipinski definition) is 5. The number of likely N-dealkylation sites (tertiary alicyclic amines) is 1. The Kier molecular flexibility index (Phi) is 11.6. The number of carbonyl (C=O) groups is 6. The zero-order valence-electron chi connectivity index (χ0n) is 28.8. The third kappa shape index (κ3) is 9.30. The van der Waals surface area contributed by atoms with Crippen molar-refractivity contribution in [1.29, 1.82) is 0 Å². The predicted molar refractivity (Wildman–Crippen MR) is 184 cm³/mol. The summed E-state index contributed by atoms with van der Waals surface area (Å²) >= 11 is 0. The lowest BCUT2D eigenvalue weighted by molar-refractivity contribution is -0.135. The van der Waals surface area contributed by atoms with Crippen LogP contribution in [0, 0.1) is 5.92 Å². The van der Waals surface area contributed by atoms with Crippen molar-refractivity contribution in [2.45, 2.75) is 69.1 Å². The number of amides is 7. The van der Waals surface area contributed by atoms with Gasteiger partial charge in [0.25, 0.3) is 0 Å². The van der Waals surface area contributed by atoms with Gasteiger partial charge in [0.2, 0.25) is 29.5 Å². The first-order valence-electron chi connectivity index (χ1n) is 17.2. The molecule has 5 N–H and O–H groups in total. The van der Waals surface area contributed by atoms with E-state index in [4.69, 9.17) is 4.74 Å². The molecule has 1 saturated carbocycles. The second-order valence-corrected chi connectivity index (χ2v) is 13.5. The first-order valence-corrected chi connectivity index (χ1v) is 17.2. The van der Waals surface area contributed by atoms with Crippen LogP contribution in [0.3, 0.4) is 0 Å². The van der Waals surface area contributed by atoms with Gasteiger partial charge in [-0.15, -0.1) is 0 Å². The Morgan fingerprint density at radius 3 is 2.24 bits per heavy atom. The fourth-order valence-electron chi connectivity index (χ4n) is 6.17.